The molecule has 2 fully saturated rings. The molecule has 1 aromatic carbocycles. The fraction of sp³-hybridized carbons (Fsp3) is 0.682. The summed E-state index contributed by atoms with van der Waals surface area (Å²) in [6.45, 7) is 5.33. The van der Waals surface area contributed by atoms with E-state index < -0.39 is 16.7 Å². The Labute approximate surface area is 196 Å². The Morgan fingerprint density at radius 3 is 2.34 bits per heavy atom. The molecular formula is C22H30ClF4N3OS. The van der Waals surface area contributed by atoms with Crippen molar-refractivity contribution in [1.29, 1.82) is 0 Å². The van der Waals surface area contributed by atoms with Crippen LogP contribution in [0.3, 0.4) is 0 Å². The van der Waals surface area contributed by atoms with Crippen LogP contribution in [0.25, 0.3) is 0 Å². The number of hydrogen-bond donors (Lipinski definition) is 1. The summed E-state index contributed by atoms with van der Waals surface area (Å²) < 4.78 is 57.0. The average Bonchev–Trinajstić information content (AvgIpc) is 2.73. The molecule has 32 heavy (non-hydrogen) atoms. The second-order valence-corrected chi connectivity index (χ2v) is 10.4. The second-order valence-electron chi connectivity index (χ2n) is 8.74. The molecule has 1 heterocycles. The maximum Gasteiger partial charge on any atom is 0.307 e. The summed E-state index contributed by atoms with van der Waals surface area (Å²) in [5.41, 5.74) is 0.650. The number of carbonyl (C=O) groups is 1. The normalized spacial score (nSPS) is 22.0. The number of nitrogens with zero attached hydrogens (tertiary/aromatic N) is 2. The summed E-state index contributed by atoms with van der Waals surface area (Å²) in [6.07, 6.45) is -0.279. The van der Waals surface area contributed by atoms with E-state index in [-0.39, 0.29) is 44.6 Å². The molecule has 1 saturated heterocycles. The Morgan fingerprint density at radius 2 is 1.78 bits per heavy atom. The Hall–Kier alpha value is -1.03. The topological polar surface area (TPSA) is 35.6 Å². The summed E-state index contributed by atoms with van der Waals surface area (Å²) >= 11 is 6.77. The van der Waals surface area contributed by atoms with Gasteiger partial charge in [0.1, 0.15) is 0 Å². The molecular weight excluding hydrogens is 466 g/mol. The van der Waals surface area contributed by atoms with Gasteiger partial charge in [-0.25, -0.2) is 13.1 Å². The van der Waals surface area contributed by atoms with Crippen LogP contribution in [-0.2, 0) is 0 Å². The number of aryl methyl sites for hydroxylation is 1. The number of hydrogen-bond acceptors (Lipinski definition) is 4. The molecule has 0 aromatic heterocycles. The maximum absolute atomic E-state index is 13.9. The van der Waals surface area contributed by atoms with Gasteiger partial charge in [-0.15, -0.1) is 0 Å². The lowest BCUT2D eigenvalue weighted by atomic mass is 9.78. The monoisotopic (exact) mass is 495 g/mol. The van der Waals surface area contributed by atoms with Crippen molar-refractivity contribution in [1.82, 2.24) is 14.5 Å². The van der Waals surface area contributed by atoms with Crippen LogP contribution < -0.4 is 5.32 Å². The smallest absolute Gasteiger partial charge is 0.307 e. The highest BCUT2D eigenvalue weighted by Gasteiger charge is 2.47. The highest BCUT2D eigenvalue weighted by Crippen LogP contribution is 2.43. The van der Waals surface area contributed by atoms with Gasteiger partial charge < -0.3 is 5.32 Å². The van der Waals surface area contributed by atoms with Crippen molar-refractivity contribution >= 4 is 29.5 Å². The summed E-state index contributed by atoms with van der Waals surface area (Å²) in [6, 6.07) is 5.15. The first-order chi connectivity index (χ1) is 15.0. The molecule has 0 spiro atoms. The van der Waals surface area contributed by atoms with Crippen molar-refractivity contribution in [3.63, 3.8) is 0 Å². The van der Waals surface area contributed by atoms with E-state index >= 15 is 0 Å². The van der Waals surface area contributed by atoms with Crippen molar-refractivity contribution < 1.29 is 22.4 Å². The van der Waals surface area contributed by atoms with Crippen molar-refractivity contribution in [2.75, 3.05) is 32.7 Å². The van der Waals surface area contributed by atoms with E-state index in [0.717, 1.165) is 5.56 Å². The second kappa shape index (κ2) is 10.1. The van der Waals surface area contributed by atoms with Gasteiger partial charge >= 0.3 is 5.25 Å². The van der Waals surface area contributed by atoms with Gasteiger partial charge in [0, 0.05) is 57.5 Å². The minimum atomic E-state index is -2.81. The van der Waals surface area contributed by atoms with E-state index in [1.807, 2.05) is 6.92 Å². The van der Waals surface area contributed by atoms with Gasteiger partial charge in [0.15, 0.2) is 0 Å². The summed E-state index contributed by atoms with van der Waals surface area (Å²) in [4.78, 5) is 14.9. The Morgan fingerprint density at radius 1 is 1.16 bits per heavy atom. The number of amides is 1. The van der Waals surface area contributed by atoms with E-state index in [2.05, 4.69) is 10.2 Å². The van der Waals surface area contributed by atoms with E-state index in [9.17, 15) is 22.4 Å². The van der Waals surface area contributed by atoms with Crippen LogP contribution in [0.15, 0.2) is 18.2 Å². The zero-order valence-corrected chi connectivity index (χ0v) is 20.0. The molecule has 1 aliphatic heterocycles. The van der Waals surface area contributed by atoms with Crippen LogP contribution in [0.5, 0.6) is 0 Å². The molecule has 2 aliphatic rings. The van der Waals surface area contributed by atoms with Gasteiger partial charge in [-0.3, -0.25) is 9.69 Å². The number of rotatable bonds is 7. The minimum Gasteiger partial charge on any atom is -0.350 e. The van der Waals surface area contributed by atoms with Gasteiger partial charge in [0.05, 0.1) is 10.6 Å². The van der Waals surface area contributed by atoms with Crippen molar-refractivity contribution in [3.05, 3.63) is 34.3 Å². The molecule has 0 radical (unpaired) electrons. The van der Waals surface area contributed by atoms with E-state index in [1.165, 1.54) is 6.92 Å². The quantitative estimate of drug-likeness (QED) is 0.395. The molecule has 0 bridgehead atoms. The van der Waals surface area contributed by atoms with Crippen molar-refractivity contribution in [3.8, 4) is 0 Å². The third-order valence-electron chi connectivity index (χ3n) is 6.44. The Kier molecular flexibility index (Phi) is 8.06. The lowest BCUT2D eigenvalue weighted by molar-refractivity contribution is -0.0856. The first kappa shape index (κ1) is 25.6. The molecule has 1 aromatic rings. The first-order valence-corrected chi connectivity index (χ1v) is 12.1. The largest absolute Gasteiger partial charge is 0.350 e. The first-order valence-electron chi connectivity index (χ1n) is 10.9. The molecule has 180 valence electrons. The van der Waals surface area contributed by atoms with Crippen LogP contribution in [0.2, 0.25) is 5.02 Å². The van der Waals surface area contributed by atoms with Gasteiger partial charge in [0.2, 0.25) is 5.92 Å². The molecule has 1 N–H and O–H groups in total. The fourth-order valence-corrected chi connectivity index (χ4v) is 5.51. The molecule has 1 amide bonds. The Balaban J connectivity index is 1.68. The van der Waals surface area contributed by atoms with Gasteiger partial charge in [0.25, 0.3) is 5.91 Å². The summed E-state index contributed by atoms with van der Waals surface area (Å²) in [5, 5.41) is 0.435. The molecule has 4 nitrogen and oxygen atoms in total. The predicted molar refractivity (Wildman–Crippen MR) is 121 cm³/mol. The number of nitrogens with one attached hydrogen (secondary N) is 1. The number of carbonyl (C=O) groups excluding carboxylic acids is 1. The van der Waals surface area contributed by atoms with Crippen molar-refractivity contribution in [2.45, 2.75) is 62.7 Å². The third kappa shape index (κ3) is 6.30. The molecule has 10 heteroatoms. The Bertz CT molecular complexity index is 808. The molecule has 0 atom stereocenters. The van der Waals surface area contributed by atoms with Crippen LogP contribution in [-0.4, -0.2) is 64.6 Å². The lowest BCUT2D eigenvalue weighted by Crippen LogP contribution is -2.62. The summed E-state index contributed by atoms with van der Waals surface area (Å²) in [7, 11) is 0. The zero-order chi connectivity index (χ0) is 23.6. The van der Waals surface area contributed by atoms with E-state index in [0.29, 0.717) is 48.7 Å². The SMILES string of the molecule is CCC(F)(F)SN1CCN(C2(CNC(=O)c3ccc(C)cc3Cl)CCC(F)(F)CC2)CC1. The van der Waals surface area contributed by atoms with E-state index in [1.54, 1.807) is 22.5 Å². The molecule has 1 aliphatic carbocycles. The lowest BCUT2D eigenvalue weighted by Gasteiger charge is -2.51. The number of piperazine rings is 1. The fourth-order valence-electron chi connectivity index (χ4n) is 4.34. The van der Waals surface area contributed by atoms with Crippen LogP contribution >= 0.6 is 23.5 Å². The molecule has 1 saturated carbocycles. The predicted octanol–water partition coefficient (Wildman–Crippen LogP) is 5.59. The summed E-state index contributed by atoms with van der Waals surface area (Å²) in [5.74, 6) is -3.06. The molecule has 0 unspecified atom stereocenters. The van der Waals surface area contributed by atoms with Gasteiger partial charge in [-0.2, -0.15) is 8.78 Å². The van der Waals surface area contributed by atoms with Crippen LogP contribution in [0.1, 0.15) is 54.9 Å². The third-order valence-corrected chi connectivity index (χ3v) is 7.94. The average molecular weight is 496 g/mol. The van der Waals surface area contributed by atoms with Crippen LogP contribution in [0, 0.1) is 6.92 Å². The minimum absolute atomic E-state index is 0.213. The van der Waals surface area contributed by atoms with Crippen molar-refractivity contribution in [2.24, 2.45) is 0 Å². The van der Waals surface area contributed by atoms with Gasteiger partial charge in [-0.1, -0.05) is 24.6 Å². The zero-order valence-electron chi connectivity index (χ0n) is 18.4. The highest BCUT2D eigenvalue weighted by atomic mass is 35.5. The maximum atomic E-state index is 13.9. The van der Waals surface area contributed by atoms with E-state index in [4.69, 9.17) is 11.6 Å². The standard InChI is InChI=1S/C22H30ClF4N3OS/c1-3-22(26,27)32-30-12-10-29(11-13-30)20(6-8-21(24,25)9-7-20)15-28-19(31)17-5-4-16(2)14-18(17)23/h4-5,14H,3,6-13,15H2,1-2H3,(H,28,31). The number of alkyl halides is 4. The number of benzene rings is 1. The van der Waals surface area contributed by atoms with Crippen LogP contribution in [0.4, 0.5) is 17.6 Å². The van der Waals surface area contributed by atoms with Gasteiger partial charge in [-0.05, 0) is 49.4 Å². The highest BCUT2D eigenvalue weighted by molar-refractivity contribution is 7.98. The number of halogens is 5. The molecule has 3 rings (SSSR count).